The standard InChI is InChI=1S/C23H26FN5O2/c24-18-7-4-6-17(14-18)16-31-20-9-5-8-19(15-20)26-23(30)25-12-11-22-28-27-21-10-2-1-3-13-29(21)22/h4-9,14-15H,1-3,10-13,16H2,(H2,25,26,30). The fourth-order valence-corrected chi connectivity index (χ4v) is 3.65. The Bertz CT molecular complexity index is 1040. The number of amides is 2. The highest BCUT2D eigenvalue weighted by molar-refractivity contribution is 5.89. The van der Waals surface area contributed by atoms with Gasteiger partial charge in [-0.2, -0.15) is 0 Å². The van der Waals surface area contributed by atoms with Gasteiger partial charge in [-0.15, -0.1) is 10.2 Å². The molecular formula is C23H26FN5O2. The Balaban J connectivity index is 1.25. The van der Waals surface area contributed by atoms with E-state index in [-0.39, 0.29) is 18.5 Å². The number of hydrogen-bond acceptors (Lipinski definition) is 4. The lowest BCUT2D eigenvalue weighted by molar-refractivity contribution is 0.252. The van der Waals surface area contributed by atoms with Crippen LogP contribution in [-0.4, -0.2) is 27.3 Å². The highest BCUT2D eigenvalue weighted by atomic mass is 19.1. The zero-order valence-corrected chi connectivity index (χ0v) is 17.3. The van der Waals surface area contributed by atoms with Crippen molar-refractivity contribution in [2.75, 3.05) is 11.9 Å². The lowest BCUT2D eigenvalue weighted by atomic mass is 10.2. The van der Waals surface area contributed by atoms with E-state index in [0.717, 1.165) is 43.0 Å². The maximum Gasteiger partial charge on any atom is 0.319 e. The number of carbonyl (C=O) groups excluding carboxylic acids is 1. The number of aryl methyl sites for hydroxylation is 1. The molecule has 3 aromatic rings. The van der Waals surface area contributed by atoms with Crippen LogP contribution in [0.4, 0.5) is 14.9 Å². The number of urea groups is 1. The van der Waals surface area contributed by atoms with Crippen LogP contribution in [0.3, 0.4) is 0 Å². The van der Waals surface area contributed by atoms with Crippen LogP contribution in [-0.2, 0) is 26.0 Å². The maximum absolute atomic E-state index is 13.3. The summed E-state index contributed by atoms with van der Waals surface area (Å²) < 4.78 is 21.2. The van der Waals surface area contributed by atoms with Crippen LogP contribution in [0, 0.1) is 5.82 Å². The Morgan fingerprint density at radius 1 is 1.10 bits per heavy atom. The Morgan fingerprint density at radius 3 is 2.90 bits per heavy atom. The molecule has 2 amide bonds. The summed E-state index contributed by atoms with van der Waals surface area (Å²) in [7, 11) is 0. The van der Waals surface area contributed by atoms with E-state index in [1.165, 1.54) is 18.6 Å². The predicted octanol–water partition coefficient (Wildman–Crippen LogP) is 4.09. The first-order chi connectivity index (χ1) is 15.2. The molecule has 31 heavy (non-hydrogen) atoms. The van der Waals surface area contributed by atoms with Gasteiger partial charge in [0.25, 0.3) is 0 Å². The molecule has 0 radical (unpaired) electrons. The molecule has 0 saturated heterocycles. The summed E-state index contributed by atoms with van der Waals surface area (Å²) in [5, 5.41) is 14.2. The van der Waals surface area contributed by atoms with E-state index in [4.69, 9.17) is 4.74 Å². The lowest BCUT2D eigenvalue weighted by Gasteiger charge is -2.11. The van der Waals surface area contributed by atoms with E-state index in [2.05, 4.69) is 25.4 Å². The monoisotopic (exact) mass is 423 g/mol. The van der Waals surface area contributed by atoms with E-state index in [9.17, 15) is 9.18 Å². The second-order valence-corrected chi connectivity index (χ2v) is 7.57. The number of nitrogens with one attached hydrogen (secondary N) is 2. The van der Waals surface area contributed by atoms with Gasteiger partial charge in [-0.05, 0) is 42.7 Å². The van der Waals surface area contributed by atoms with Crippen LogP contribution < -0.4 is 15.4 Å². The Labute approximate surface area is 180 Å². The molecule has 0 spiro atoms. The predicted molar refractivity (Wildman–Crippen MR) is 115 cm³/mol. The molecule has 2 heterocycles. The molecule has 1 aliphatic rings. The molecule has 0 fully saturated rings. The minimum atomic E-state index is -0.296. The third kappa shape index (κ3) is 5.81. The van der Waals surface area contributed by atoms with Gasteiger partial charge in [-0.1, -0.05) is 24.6 Å². The minimum Gasteiger partial charge on any atom is -0.489 e. The Kier molecular flexibility index (Phi) is 6.76. The van der Waals surface area contributed by atoms with Crippen LogP contribution in [0.15, 0.2) is 48.5 Å². The second-order valence-electron chi connectivity index (χ2n) is 7.57. The summed E-state index contributed by atoms with van der Waals surface area (Å²) in [6.07, 6.45) is 5.12. The van der Waals surface area contributed by atoms with Crippen molar-refractivity contribution in [3.63, 3.8) is 0 Å². The van der Waals surface area contributed by atoms with E-state index in [1.807, 2.05) is 0 Å². The first-order valence-electron chi connectivity index (χ1n) is 10.6. The summed E-state index contributed by atoms with van der Waals surface area (Å²) in [5.41, 5.74) is 1.35. The molecule has 2 aromatic carbocycles. The van der Waals surface area contributed by atoms with Gasteiger partial charge in [0.2, 0.25) is 0 Å². The average Bonchev–Trinajstić information content (AvgIpc) is 2.99. The number of aromatic nitrogens is 3. The molecule has 0 aliphatic carbocycles. The fraction of sp³-hybridized carbons (Fsp3) is 0.348. The minimum absolute atomic E-state index is 0.246. The van der Waals surface area contributed by atoms with E-state index < -0.39 is 0 Å². The third-order valence-corrected chi connectivity index (χ3v) is 5.21. The molecule has 0 atom stereocenters. The molecule has 7 nitrogen and oxygen atoms in total. The van der Waals surface area contributed by atoms with Crippen molar-refractivity contribution in [1.82, 2.24) is 20.1 Å². The van der Waals surface area contributed by atoms with Gasteiger partial charge < -0.3 is 19.9 Å². The highest BCUT2D eigenvalue weighted by Crippen LogP contribution is 2.19. The summed E-state index contributed by atoms with van der Waals surface area (Å²) in [6.45, 7) is 1.67. The van der Waals surface area contributed by atoms with Crippen LogP contribution >= 0.6 is 0 Å². The topological polar surface area (TPSA) is 81.1 Å². The number of ether oxygens (including phenoxy) is 1. The molecular weight excluding hydrogens is 397 g/mol. The second kappa shape index (κ2) is 10.1. The number of nitrogens with zero attached hydrogens (tertiary/aromatic N) is 3. The molecule has 4 rings (SSSR count). The van der Waals surface area contributed by atoms with Crippen molar-refractivity contribution in [3.05, 3.63) is 71.6 Å². The summed E-state index contributed by atoms with van der Waals surface area (Å²) >= 11 is 0. The van der Waals surface area contributed by atoms with Gasteiger partial charge in [0, 0.05) is 37.7 Å². The maximum atomic E-state index is 13.3. The summed E-state index contributed by atoms with van der Waals surface area (Å²) in [5.74, 6) is 2.26. The smallest absolute Gasteiger partial charge is 0.319 e. The number of hydrogen-bond donors (Lipinski definition) is 2. The quantitative estimate of drug-likeness (QED) is 0.600. The van der Waals surface area contributed by atoms with Gasteiger partial charge in [0.05, 0.1) is 0 Å². The Hall–Kier alpha value is -3.42. The van der Waals surface area contributed by atoms with Crippen LogP contribution in [0.5, 0.6) is 5.75 Å². The molecule has 0 unspecified atom stereocenters. The number of benzene rings is 2. The van der Waals surface area contributed by atoms with Gasteiger partial charge in [0.1, 0.15) is 29.8 Å². The van der Waals surface area contributed by atoms with Gasteiger partial charge in [-0.3, -0.25) is 0 Å². The molecule has 2 N–H and O–H groups in total. The number of carbonyl (C=O) groups is 1. The average molecular weight is 423 g/mol. The number of anilines is 1. The van der Waals surface area contributed by atoms with Crippen molar-refractivity contribution in [2.45, 2.75) is 45.3 Å². The van der Waals surface area contributed by atoms with Crippen molar-refractivity contribution in [1.29, 1.82) is 0 Å². The molecule has 8 heteroatoms. The molecule has 0 saturated carbocycles. The van der Waals surface area contributed by atoms with Gasteiger partial charge >= 0.3 is 6.03 Å². The van der Waals surface area contributed by atoms with E-state index >= 15 is 0 Å². The normalized spacial score (nSPS) is 13.2. The van der Waals surface area contributed by atoms with Crippen molar-refractivity contribution < 1.29 is 13.9 Å². The van der Waals surface area contributed by atoms with Crippen molar-refractivity contribution >= 4 is 11.7 Å². The largest absolute Gasteiger partial charge is 0.489 e. The summed E-state index contributed by atoms with van der Waals surface area (Å²) in [6, 6.07) is 13.1. The van der Waals surface area contributed by atoms with E-state index in [0.29, 0.717) is 24.4 Å². The first kappa shape index (κ1) is 20.8. The zero-order valence-electron chi connectivity index (χ0n) is 17.3. The Morgan fingerprint density at radius 2 is 2.00 bits per heavy atom. The van der Waals surface area contributed by atoms with Crippen molar-refractivity contribution in [2.24, 2.45) is 0 Å². The van der Waals surface area contributed by atoms with Gasteiger partial charge in [0.15, 0.2) is 0 Å². The lowest BCUT2D eigenvalue weighted by Crippen LogP contribution is -2.31. The molecule has 162 valence electrons. The summed E-state index contributed by atoms with van der Waals surface area (Å²) in [4.78, 5) is 12.3. The third-order valence-electron chi connectivity index (χ3n) is 5.21. The SMILES string of the molecule is O=C(NCCc1nnc2n1CCCCC2)Nc1cccc(OCc2cccc(F)c2)c1. The van der Waals surface area contributed by atoms with Crippen molar-refractivity contribution in [3.8, 4) is 5.75 Å². The first-order valence-corrected chi connectivity index (χ1v) is 10.6. The molecule has 1 aromatic heterocycles. The van der Waals surface area contributed by atoms with Crippen LogP contribution in [0.2, 0.25) is 0 Å². The van der Waals surface area contributed by atoms with E-state index in [1.54, 1.807) is 36.4 Å². The number of halogens is 1. The molecule has 1 aliphatic heterocycles. The highest BCUT2D eigenvalue weighted by Gasteiger charge is 2.14. The van der Waals surface area contributed by atoms with Crippen LogP contribution in [0.25, 0.3) is 0 Å². The number of rotatable bonds is 7. The zero-order chi connectivity index (χ0) is 21.5. The molecule has 0 bridgehead atoms. The van der Waals surface area contributed by atoms with Gasteiger partial charge in [-0.25, -0.2) is 9.18 Å². The number of fused-ring (bicyclic) bond motifs is 1. The van der Waals surface area contributed by atoms with Crippen LogP contribution in [0.1, 0.15) is 36.5 Å². The fourth-order valence-electron chi connectivity index (χ4n) is 3.65.